The van der Waals surface area contributed by atoms with E-state index in [4.69, 9.17) is 21.1 Å². The minimum atomic E-state index is -0.677. The lowest BCUT2D eigenvalue weighted by Gasteiger charge is -2.19. The molecule has 0 aliphatic heterocycles. The van der Waals surface area contributed by atoms with Crippen molar-refractivity contribution in [2.75, 3.05) is 18.5 Å². The molecule has 2 amide bonds. The first-order chi connectivity index (χ1) is 17.9. The van der Waals surface area contributed by atoms with Gasteiger partial charge >= 0.3 is 5.97 Å². The molecule has 0 saturated carbocycles. The number of esters is 1. The zero-order valence-corrected chi connectivity index (χ0v) is 21.5. The maximum Gasteiger partial charge on any atom is 0.308 e. The Morgan fingerprint density at radius 2 is 1.78 bits per heavy atom. The predicted molar refractivity (Wildman–Crippen MR) is 143 cm³/mol. The number of benzene rings is 3. The molecule has 0 saturated heterocycles. The summed E-state index contributed by atoms with van der Waals surface area (Å²) in [6.07, 6.45) is -0.172. The van der Waals surface area contributed by atoms with Gasteiger partial charge in [-0.1, -0.05) is 65.4 Å². The maximum atomic E-state index is 12.8. The molecule has 1 heterocycles. The molecule has 1 atom stereocenters. The SMILES string of the molecule is CCOc1ccc2nc(NC(=O)COC(=O)CC(NC(=O)c3ccccc3Cl)c3ccccc3)sc2c1. The van der Waals surface area contributed by atoms with Crippen molar-refractivity contribution in [3.05, 3.63) is 88.9 Å². The second-order valence-corrected chi connectivity index (χ2v) is 9.35. The topological polar surface area (TPSA) is 107 Å². The number of hydrogen-bond acceptors (Lipinski definition) is 7. The van der Waals surface area contributed by atoms with Crippen molar-refractivity contribution in [1.82, 2.24) is 10.3 Å². The van der Waals surface area contributed by atoms with Crippen molar-refractivity contribution in [3.8, 4) is 5.75 Å². The first-order valence-corrected chi connectivity index (χ1v) is 12.7. The monoisotopic (exact) mass is 537 g/mol. The summed E-state index contributed by atoms with van der Waals surface area (Å²) in [5.74, 6) is -0.865. The summed E-state index contributed by atoms with van der Waals surface area (Å²) in [5.41, 5.74) is 1.73. The molecule has 4 rings (SSSR count). The van der Waals surface area contributed by atoms with Crippen molar-refractivity contribution in [2.24, 2.45) is 0 Å². The molecule has 1 aromatic heterocycles. The lowest BCUT2D eigenvalue weighted by molar-refractivity contribution is -0.147. The number of hydrogen-bond donors (Lipinski definition) is 2. The summed E-state index contributed by atoms with van der Waals surface area (Å²) < 4.78 is 11.5. The molecule has 8 nitrogen and oxygen atoms in total. The number of ether oxygens (including phenoxy) is 2. The van der Waals surface area contributed by atoms with E-state index in [0.717, 1.165) is 16.0 Å². The Morgan fingerprint density at radius 1 is 1.03 bits per heavy atom. The predicted octanol–water partition coefficient (Wildman–Crippen LogP) is 5.39. The molecule has 0 bridgehead atoms. The number of nitrogens with zero attached hydrogens (tertiary/aromatic N) is 1. The summed E-state index contributed by atoms with van der Waals surface area (Å²) in [4.78, 5) is 42.2. The molecule has 190 valence electrons. The quantitative estimate of drug-likeness (QED) is 0.263. The zero-order valence-electron chi connectivity index (χ0n) is 19.9. The Kier molecular flexibility index (Phi) is 8.71. The van der Waals surface area contributed by atoms with E-state index in [1.54, 1.807) is 48.5 Å². The van der Waals surface area contributed by atoms with Gasteiger partial charge in [-0.25, -0.2) is 4.98 Å². The fourth-order valence-electron chi connectivity index (χ4n) is 3.56. The molecule has 0 spiro atoms. The van der Waals surface area contributed by atoms with Crippen LogP contribution >= 0.6 is 22.9 Å². The number of halogens is 1. The van der Waals surface area contributed by atoms with Gasteiger partial charge in [-0.15, -0.1) is 0 Å². The van der Waals surface area contributed by atoms with Crippen LogP contribution in [0.2, 0.25) is 5.02 Å². The van der Waals surface area contributed by atoms with Crippen molar-refractivity contribution in [2.45, 2.75) is 19.4 Å². The molecule has 10 heteroatoms. The van der Waals surface area contributed by atoms with Gasteiger partial charge in [0.15, 0.2) is 11.7 Å². The number of aromatic nitrogens is 1. The second-order valence-electron chi connectivity index (χ2n) is 7.91. The first-order valence-electron chi connectivity index (χ1n) is 11.5. The molecule has 0 radical (unpaired) electrons. The highest BCUT2D eigenvalue weighted by atomic mass is 35.5. The molecule has 0 aliphatic rings. The van der Waals surface area contributed by atoms with E-state index in [2.05, 4.69) is 15.6 Å². The van der Waals surface area contributed by atoms with Gasteiger partial charge in [0.1, 0.15) is 5.75 Å². The van der Waals surface area contributed by atoms with Crippen LogP contribution in [-0.4, -0.2) is 36.0 Å². The minimum absolute atomic E-state index is 0.172. The van der Waals surface area contributed by atoms with E-state index < -0.39 is 30.4 Å². The highest BCUT2D eigenvalue weighted by molar-refractivity contribution is 7.22. The Morgan fingerprint density at radius 3 is 2.54 bits per heavy atom. The Bertz CT molecular complexity index is 1410. The van der Waals surface area contributed by atoms with Crippen LogP contribution in [0.25, 0.3) is 10.2 Å². The summed E-state index contributed by atoms with van der Waals surface area (Å²) in [6, 6.07) is 20.5. The summed E-state index contributed by atoms with van der Waals surface area (Å²) in [6.45, 7) is 1.96. The second kappa shape index (κ2) is 12.3. The van der Waals surface area contributed by atoms with E-state index in [1.165, 1.54) is 11.3 Å². The van der Waals surface area contributed by atoms with Gasteiger partial charge in [-0.3, -0.25) is 19.7 Å². The smallest absolute Gasteiger partial charge is 0.308 e. The van der Waals surface area contributed by atoms with Crippen LogP contribution in [0.4, 0.5) is 5.13 Å². The molecule has 0 aliphatic carbocycles. The number of thiazole rings is 1. The molecular weight excluding hydrogens is 514 g/mol. The molecule has 3 aromatic carbocycles. The standard InChI is InChI=1S/C27H24ClN3O5S/c1-2-35-18-12-13-21-23(14-18)37-27(30-21)31-24(32)16-36-25(33)15-22(17-8-4-3-5-9-17)29-26(34)19-10-6-7-11-20(19)28/h3-14,22H,2,15-16H2,1H3,(H,29,34)(H,30,31,32). The molecule has 37 heavy (non-hydrogen) atoms. The molecule has 1 unspecified atom stereocenters. The van der Waals surface area contributed by atoms with E-state index in [1.807, 2.05) is 31.2 Å². The van der Waals surface area contributed by atoms with Gasteiger partial charge in [0.25, 0.3) is 11.8 Å². The lowest BCUT2D eigenvalue weighted by Crippen LogP contribution is -2.31. The van der Waals surface area contributed by atoms with Crippen LogP contribution in [0.5, 0.6) is 5.75 Å². The Hall–Kier alpha value is -3.95. The third-order valence-corrected chi connectivity index (χ3v) is 6.54. The first kappa shape index (κ1) is 26.1. The highest BCUT2D eigenvalue weighted by Gasteiger charge is 2.22. The maximum absolute atomic E-state index is 12.8. The van der Waals surface area contributed by atoms with Crippen LogP contribution < -0.4 is 15.4 Å². The molecule has 2 N–H and O–H groups in total. The normalized spacial score (nSPS) is 11.5. The minimum Gasteiger partial charge on any atom is -0.494 e. The fraction of sp³-hybridized carbons (Fsp3) is 0.185. The van der Waals surface area contributed by atoms with Crippen molar-refractivity contribution < 1.29 is 23.9 Å². The van der Waals surface area contributed by atoms with Crippen LogP contribution in [0.3, 0.4) is 0 Å². The van der Waals surface area contributed by atoms with Crippen LogP contribution in [-0.2, 0) is 14.3 Å². The average Bonchev–Trinajstić information content (AvgIpc) is 3.29. The number of carbonyl (C=O) groups is 3. The summed E-state index contributed by atoms with van der Waals surface area (Å²) in [5, 5.41) is 6.17. The van der Waals surface area contributed by atoms with Gasteiger partial charge in [-0.05, 0) is 42.8 Å². The summed E-state index contributed by atoms with van der Waals surface area (Å²) in [7, 11) is 0. The van der Waals surface area contributed by atoms with E-state index in [0.29, 0.717) is 27.9 Å². The van der Waals surface area contributed by atoms with E-state index in [-0.39, 0.29) is 6.42 Å². The largest absolute Gasteiger partial charge is 0.494 e. The Balaban J connectivity index is 1.35. The number of rotatable bonds is 10. The lowest BCUT2D eigenvalue weighted by atomic mass is 10.0. The number of anilines is 1. The van der Waals surface area contributed by atoms with E-state index in [9.17, 15) is 14.4 Å². The highest BCUT2D eigenvalue weighted by Crippen LogP contribution is 2.29. The fourth-order valence-corrected chi connectivity index (χ4v) is 4.69. The van der Waals surface area contributed by atoms with Gasteiger partial charge < -0.3 is 14.8 Å². The number of carbonyl (C=O) groups excluding carboxylic acids is 3. The van der Waals surface area contributed by atoms with Gasteiger partial charge in [0.05, 0.1) is 39.9 Å². The number of nitrogens with one attached hydrogen (secondary N) is 2. The van der Waals surface area contributed by atoms with E-state index >= 15 is 0 Å². The molecule has 4 aromatic rings. The van der Waals surface area contributed by atoms with Crippen molar-refractivity contribution >= 4 is 56.1 Å². The molecule has 0 fully saturated rings. The van der Waals surface area contributed by atoms with Crippen molar-refractivity contribution in [1.29, 1.82) is 0 Å². The third kappa shape index (κ3) is 7.05. The number of amides is 2. The zero-order chi connectivity index (χ0) is 26.2. The van der Waals surface area contributed by atoms with Crippen molar-refractivity contribution in [3.63, 3.8) is 0 Å². The molecular formula is C27H24ClN3O5S. The van der Waals surface area contributed by atoms with Gasteiger partial charge in [-0.2, -0.15) is 0 Å². The van der Waals surface area contributed by atoms with Crippen LogP contribution in [0.15, 0.2) is 72.8 Å². The van der Waals surface area contributed by atoms with Crippen LogP contribution in [0, 0.1) is 0 Å². The summed E-state index contributed by atoms with van der Waals surface area (Å²) >= 11 is 7.44. The third-order valence-electron chi connectivity index (χ3n) is 5.28. The average molecular weight is 538 g/mol. The van der Waals surface area contributed by atoms with Gasteiger partial charge in [0.2, 0.25) is 0 Å². The number of fused-ring (bicyclic) bond motifs is 1. The van der Waals surface area contributed by atoms with Crippen LogP contribution in [0.1, 0.15) is 35.3 Å². The Labute approximate surface area is 222 Å². The van der Waals surface area contributed by atoms with Gasteiger partial charge in [0, 0.05) is 0 Å².